The van der Waals surface area contributed by atoms with E-state index in [2.05, 4.69) is 5.16 Å². The highest BCUT2D eigenvalue weighted by Crippen LogP contribution is 1.91. The summed E-state index contributed by atoms with van der Waals surface area (Å²) in [6.45, 7) is 6.25. The number of oxime groups is 1. The zero-order chi connectivity index (χ0) is 9.40. The molecule has 0 aliphatic heterocycles. The van der Waals surface area contributed by atoms with Crippen LogP contribution in [0.5, 0.6) is 0 Å². The lowest BCUT2D eigenvalue weighted by molar-refractivity contribution is -0.141. The molecule has 0 amide bonds. The molecule has 0 atom stereocenters. The first kappa shape index (κ1) is 10.9. The Kier molecular flexibility index (Phi) is 6.05. The molecule has 0 aromatic heterocycles. The lowest BCUT2D eigenvalue weighted by Gasteiger charge is -2.00. The van der Waals surface area contributed by atoms with Gasteiger partial charge >= 0.3 is 5.97 Å². The Morgan fingerprint density at radius 2 is 2.00 bits per heavy atom. The van der Waals surface area contributed by atoms with Gasteiger partial charge < -0.3 is 9.57 Å². The Morgan fingerprint density at radius 1 is 1.33 bits per heavy atom. The quantitative estimate of drug-likeness (QED) is 0.358. The fraction of sp³-hybridized carbons (Fsp3) is 0.750. The summed E-state index contributed by atoms with van der Waals surface area (Å²) in [6.07, 6.45) is 0.202. The summed E-state index contributed by atoms with van der Waals surface area (Å²) >= 11 is 0. The van der Waals surface area contributed by atoms with E-state index in [1.165, 1.54) is 0 Å². The molecule has 0 unspecified atom stereocenters. The number of carbonyl (C=O) groups is 1. The van der Waals surface area contributed by atoms with Gasteiger partial charge in [0.15, 0.2) is 0 Å². The van der Waals surface area contributed by atoms with E-state index in [9.17, 15) is 4.79 Å². The molecule has 0 aliphatic rings. The van der Waals surface area contributed by atoms with Gasteiger partial charge in [0.1, 0.15) is 6.61 Å². The highest BCUT2D eigenvalue weighted by atomic mass is 16.6. The molecule has 0 N–H and O–H groups in total. The van der Waals surface area contributed by atoms with Crippen LogP contribution in [0.4, 0.5) is 0 Å². The summed E-state index contributed by atoms with van der Waals surface area (Å²) in [4.78, 5) is 15.6. The monoisotopic (exact) mass is 173 g/mol. The van der Waals surface area contributed by atoms with Gasteiger partial charge in [-0.3, -0.25) is 4.79 Å². The van der Waals surface area contributed by atoms with Gasteiger partial charge in [0.25, 0.3) is 0 Å². The first-order valence-electron chi connectivity index (χ1n) is 4.01. The van der Waals surface area contributed by atoms with Crippen LogP contribution in [0, 0.1) is 0 Å². The molecule has 0 aliphatic carbocycles. The Bertz CT molecular complexity index is 166. The number of esters is 1. The average Bonchev–Trinajstić information content (AvgIpc) is 2.01. The minimum absolute atomic E-state index is 0.202. The maximum Gasteiger partial charge on any atom is 0.311 e. The van der Waals surface area contributed by atoms with Crippen molar-refractivity contribution in [2.24, 2.45) is 5.16 Å². The van der Waals surface area contributed by atoms with E-state index in [0.717, 1.165) is 0 Å². The SMILES string of the molecule is CCO/N=C(\C)CC(=O)OCC. The van der Waals surface area contributed by atoms with Crippen molar-refractivity contribution in [1.82, 2.24) is 0 Å². The van der Waals surface area contributed by atoms with Crippen molar-refractivity contribution < 1.29 is 14.4 Å². The summed E-state index contributed by atoms with van der Waals surface area (Å²) in [6, 6.07) is 0. The molecule has 0 rings (SSSR count). The predicted molar refractivity (Wildman–Crippen MR) is 46.0 cm³/mol. The Labute approximate surface area is 72.5 Å². The van der Waals surface area contributed by atoms with Gasteiger partial charge in [-0.1, -0.05) is 5.16 Å². The molecule has 0 radical (unpaired) electrons. The third-order valence-corrected chi connectivity index (χ3v) is 1.05. The standard InChI is InChI=1S/C8H15NO3/c1-4-11-8(10)6-7(3)9-12-5-2/h4-6H2,1-3H3/b9-7+. The minimum atomic E-state index is -0.265. The van der Waals surface area contributed by atoms with Crippen molar-refractivity contribution in [3.63, 3.8) is 0 Å². The van der Waals surface area contributed by atoms with Crippen LogP contribution in [0.15, 0.2) is 5.16 Å². The predicted octanol–water partition coefficient (Wildman–Crippen LogP) is 1.35. The van der Waals surface area contributed by atoms with Crippen LogP contribution < -0.4 is 0 Å². The van der Waals surface area contributed by atoms with Crippen LogP contribution in [-0.2, 0) is 14.4 Å². The molecule has 0 saturated carbocycles. The van der Waals surface area contributed by atoms with E-state index in [-0.39, 0.29) is 12.4 Å². The van der Waals surface area contributed by atoms with Crippen molar-refractivity contribution in [2.75, 3.05) is 13.2 Å². The van der Waals surface area contributed by atoms with Crippen molar-refractivity contribution >= 4 is 11.7 Å². The van der Waals surface area contributed by atoms with E-state index in [0.29, 0.717) is 18.9 Å². The number of carbonyl (C=O) groups excluding carboxylic acids is 1. The molecular weight excluding hydrogens is 158 g/mol. The lowest BCUT2D eigenvalue weighted by atomic mass is 10.3. The minimum Gasteiger partial charge on any atom is -0.466 e. The van der Waals surface area contributed by atoms with Gasteiger partial charge in [-0.2, -0.15) is 0 Å². The second-order valence-electron chi connectivity index (χ2n) is 2.23. The summed E-state index contributed by atoms with van der Waals surface area (Å²) in [5.41, 5.74) is 0.635. The number of rotatable bonds is 5. The van der Waals surface area contributed by atoms with E-state index in [1.54, 1.807) is 13.8 Å². The first-order chi connectivity index (χ1) is 5.70. The lowest BCUT2D eigenvalue weighted by Crippen LogP contribution is -2.09. The molecule has 0 saturated heterocycles. The largest absolute Gasteiger partial charge is 0.466 e. The van der Waals surface area contributed by atoms with E-state index >= 15 is 0 Å². The smallest absolute Gasteiger partial charge is 0.311 e. The van der Waals surface area contributed by atoms with Crippen LogP contribution >= 0.6 is 0 Å². The van der Waals surface area contributed by atoms with Crippen molar-refractivity contribution in [3.8, 4) is 0 Å². The summed E-state index contributed by atoms with van der Waals surface area (Å²) in [7, 11) is 0. The second-order valence-corrected chi connectivity index (χ2v) is 2.23. The molecule has 0 spiro atoms. The number of hydrogen-bond acceptors (Lipinski definition) is 4. The molecule has 12 heavy (non-hydrogen) atoms. The van der Waals surface area contributed by atoms with Gasteiger partial charge in [0.05, 0.1) is 18.7 Å². The molecule has 4 heteroatoms. The summed E-state index contributed by atoms with van der Waals surface area (Å²) < 4.78 is 4.72. The fourth-order valence-electron chi connectivity index (χ4n) is 0.628. The Hall–Kier alpha value is -1.06. The van der Waals surface area contributed by atoms with E-state index < -0.39 is 0 Å². The molecule has 0 fully saturated rings. The van der Waals surface area contributed by atoms with Crippen molar-refractivity contribution in [1.29, 1.82) is 0 Å². The Balaban J connectivity index is 3.67. The van der Waals surface area contributed by atoms with Crippen LogP contribution in [0.1, 0.15) is 27.2 Å². The third-order valence-electron chi connectivity index (χ3n) is 1.05. The highest BCUT2D eigenvalue weighted by Gasteiger charge is 2.03. The zero-order valence-electron chi connectivity index (χ0n) is 7.79. The molecule has 4 nitrogen and oxygen atoms in total. The molecule has 0 aromatic rings. The summed E-state index contributed by atoms with van der Waals surface area (Å²) in [5.74, 6) is -0.265. The maximum absolute atomic E-state index is 10.9. The molecule has 0 heterocycles. The van der Waals surface area contributed by atoms with Crippen molar-refractivity contribution in [2.45, 2.75) is 27.2 Å². The average molecular weight is 173 g/mol. The third kappa shape index (κ3) is 5.70. The topological polar surface area (TPSA) is 47.9 Å². The highest BCUT2D eigenvalue weighted by molar-refractivity contribution is 5.97. The number of hydrogen-bond donors (Lipinski definition) is 0. The van der Waals surface area contributed by atoms with Crippen LogP contribution in [-0.4, -0.2) is 24.9 Å². The van der Waals surface area contributed by atoms with Gasteiger partial charge in [-0.05, 0) is 20.8 Å². The zero-order valence-corrected chi connectivity index (χ0v) is 7.79. The van der Waals surface area contributed by atoms with Gasteiger partial charge in [-0.15, -0.1) is 0 Å². The first-order valence-corrected chi connectivity index (χ1v) is 4.01. The van der Waals surface area contributed by atoms with Crippen LogP contribution in [0.25, 0.3) is 0 Å². The molecule has 0 bridgehead atoms. The van der Waals surface area contributed by atoms with Crippen LogP contribution in [0.3, 0.4) is 0 Å². The van der Waals surface area contributed by atoms with E-state index in [4.69, 9.17) is 9.57 Å². The second kappa shape index (κ2) is 6.64. The molecule has 0 aromatic carbocycles. The number of ether oxygens (including phenoxy) is 1. The maximum atomic E-state index is 10.9. The van der Waals surface area contributed by atoms with Crippen LogP contribution in [0.2, 0.25) is 0 Å². The Morgan fingerprint density at radius 3 is 2.50 bits per heavy atom. The van der Waals surface area contributed by atoms with E-state index in [1.807, 2.05) is 6.92 Å². The normalized spacial score (nSPS) is 11.1. The molecular formula is C8H15NO3. The van der Waals surface area contributed by atoms with Crippen molar-refractivity contribution in [3.05, 3.63) is 0 Å². The fourth-order valence-corrected chi connectivity index (χ4v) is 0.628. The van der Waals surface area contributed by atoms with Gasteiger partial charge in [0.2, 0.25) is 0 Å². The molecule has 70 valence electrons. The van der Waals surface area contributed by atoms with Gasteiger partial charge in [-0.25, -0.2) is 0 Å². The number of nitrogens with zero attached hydrogens (tertiary/aromatic N) is 1. The van der Waals surface area contributed by atoms with Gasteiger partial charge in [0, 0.05) is 0 Å². The summed E-state index contributed by atoms with van der Waals surface area (Å²) in [5, 5.41) is 3.68.